The SMILES string of the molecule is NCCCc1nc2ccc(Cl)cc2n1CCCO. The molecule has 0 fully saturated rings. The summed E-state index contributed by atoms with van der Waals surface area (Å²) in [6, 6.07) is 5.70. The Morgan fingerprint density at radius 3 is 2.89 bits per heavy atom. The van der Waals surface area contributed by atoms with Gasteiger partial charge < -0.3 is 15.4 Å². The molecule has 0 spiro atoms. The predicted octanol–water partition coefficient (Wildman–Crippen LogP) is 1.96. The van der Waals surface area contributed by atoms with Gasteiger partial charge in [-0.25, -0.2) is 4.98 Å². The molecule has 0 atom stereocenters. The minimum atomic E-state index is 0.177. The molecule has 2 aromatic rings. The Balaban J connectivity index is 2.40. The zero-order valence-corrected chi connectivity index (χ0v) is 11.0. The van der Waals surface area contributed by atoms with Gasteiger partial charge in [-0.15, -0.1) is 0 Å². The first kappa shape index (κ1) is 13.3. The highest BCUT2D eigenvalue weighted by molar-refractivity contribution is 6.31. The van der Waals surface area contributed by atoms with Gasteiger partial charge in [-0.2, -0.15) is 0 Å². The molecule has 1 aromatic carbocycles. The lowest BCUT2D eigenvalue weighted by Crippen LogP contribution is -2.08. The number of hydrogen-bond acceptors (Lipinski definition) is 3. The highest BCUT2D eigenvalue weighted by Gasteiger charge is 2.10. The van der Waals surface area contributed by atoms with E-state index >= 15 is 0 Å². The van der Waals surface area contributed by atoms with Crippen LogP contribution < -0.4 is 5.73 Å². The normalized spacial score (nSPS) is 11.3. The Morgan fingerprint density at radius 1 is 1.33 bits per heavy atom. The first-order valence-electron chi connectivity index (χ1n) is 6.22. The minimum absolute atomic E-state index is 0.177. The summed E-state index contributed by atoms with van der Waals surface area (Å²) in [5, 5.41) is 9.69. The molecule has 0 saturated heterocycles. The second-order valence-electron chi connectivity index (χ2n) is 4.28. The Labute approximate surface area is 111 Å². The molecule has 0 bridgehead atoms. The maximum atomic E-state index is 8.98. The van der Waals surface area contributed by atoms with Gasteiger partial charge in [0.25, 0.3) is 0 Å². The summed E-state index contributed by atoms with van der Waals surface area (Å²) < 4.78 is 2.13. The highest BCUT2D eigenvalue weighted by atomic mass is 35.5. The van der Waals surface area contributed by atoms with Crippen LogP contribution in [0.3, 0.4) is 0 Å². The number of nitrogens with zero attached hydrogens (tertiary/aromatic N) is 2. The number of halogens is 1. The molecule has 3 N–H and O–H groups in total. The number of aliphatic hydroxyl groups excluding tert-OH is 1. The summed E-state index contributed by atoms with van der Waals surface area (Å²) in [6.45, 7) is 1.59. The first-order chi connectivity index (χ1) is 8.76. The van der Waals surface area contributed by atoms with E-state index in [2.05, 4.69) is 9.55 Å². The van der Waals surface area contributed by atoms with Crippen molar-refractivity contribution in [1.29, 1.82) is 0 Å². The Hall–Kier alpha value is -1.10. The fourth-order valence-corrected chi connectivity index (χ4v) is 2.24. The lowest BCUT2D eigenvalue weighted by molar-refractivity contribution is 0.280. The van der Waals surface area contributed by atoms with Crippen molar-refractivity contribution in [2.75, 3.05) is 13.2 Å². The van der Waals surface area contributed by atoms with E-state index in [0.717, 1.165) is 36.2 Å². The minimum Gasteiger partial charge on any atom is -0.396 e. The Morgan fingerprint density at radius 2 is 2.17 bits per heavy atom. The summed E-state index contributed by atoms with van der Waals surface area (Å²) in [5.41, 5.74) is 7.53. The summed E-state index contributed by atoms with van der Waals surface area (Å²) in [5.74, 6) is 1.02. The van der Waals surface area contributed by atoms with Gasteiger partial charge in [-0.05, 0) is 37.6 Å². The van der Waals surface area contributed by atoms with E-state index in [9.17, 15) is 0 Å². The molecule has 2 rings (SSSR count). The van der Waals surface area contributed by atoms with Gasteiger partial charge in [0.2, 0.25) is 0 Å². The zero-order valence-electron chi connectivity index (χ0n) is 10.3. The Bertz CT molecular complexity index is 524. The maximum absolute atomic E-state index is 8.98. The number of aryl methyl sites for hydroxylation is 2. The summed E-state index contributed by atoms with van der Waals surface area (Å²) >= 11 is 6.03. The third-order valence-corrected chi connectivity index (χ3v) is 3.17. The van der Waals surface area contributed by atoms with Crippen LogP contribution in [0.2, 0.25) is 5.02 Å². The molecule has 0 aliphatic carbocycles. The molecule has 0 aliphatic heterocycles. The number of nitrogens with two attached hydrogens (primary N) is 1. The van der Waals surface area contributed by atoms with Crippen molar-refractivity contribution in [2.45, 2.75) is 25.8 Å². The number of aromatic nitrogens is 2. The van der Waals surface area contributed by atoms with Gasteiger partial charge in [-0.3, -0.25) is 0 Å². The van der Waals surface area contributed by atoms with Gasteiger partial charge in [0.1, 0.15) is 5.82 Å². The molecule has 0 radical (unpaired) electrons. The number of hydrogen-bond donors (Lipinski definition) is 2. The smallest absolute Gasteiger partial charge is 0.109 e. The van der Waals surface area contributed by atoms with Gasteiger partial charge in [0.05, 0.1) is 11.0 Å². The van der Waals surface area contributed by atoms with E-state index in [0.29, 0.717) is 18.0 Å². The van der Waals surface area contributed by atoms with E-state index in [1.54, 1.807) is 0 Å². The van der Waals surface area contributed by atoms with Crippen LogP contribution in [0.25, 0.3) is 11.0 Å². The molecular weight excluding hydrogens is 250 g/mol. The summed E-state index contributed by atoms with van der Waals surface area (Å²) in [4.78, 5) is 4.61. The molecule has 0 saturated carbocycles. The second kappa shape index (κ2) is 6.18. The average Bonchev–Trinajstić information content (AvgIpc) is 2.71. The second-order valence-corrected chi connectivity index (χ2v) is 4.72. The van der Waals surface area contributed by atoms with E-state index in [1.807, 2.05) is 18.2 Å². The van der Waals surface area contributed by atoms with E-state index in [-0.39, 0.29) is 6.61 Å². The van der Waals surface area contributed by atoms with Crippen LogP contribution in [0.4, 0.5) is 0 Å². The van der Waals surface area contributed by atoms with Crippen molar-refractivity contribution in [1.82, 2.24) is 9.55 Å². The molecule has 0 amide bonds. The average molecular weight is 268 g/mol. The molecule has 98 valence electrons. The molecule has 0 aliphatic rings. The van der Waals surface area contributed by atoms with E-state index in [1.165, 1.54) is 0 Å². The zero-order chi connectivity index (χ0) is 13.0. The van der Waals surface area contributed by atoms with Crippen LogP contribution in [0.15, 0.2) is 18.2 Å². The van der Waals surface area contributed by atoms with Crippen molar-refractivity contribution in [3.8, 4) is 0 Å². The van der Waals surface area contributed by atoms with Crippen molar-refractivity contribution >= 4 is 22.6 Å². The number of imidazole rings is 1. The molecule has 5 heteroatoms. The fraction of sp³-hybridized carbons (Fsp3) is 0.462. The molecule has 1 heterocycles. The van der Waals surface area contributed by atoms with Crippen LogP contribution >= 0.6 is 11.6 Å². The summed E-state index contributed by atoms with van der Waals surface area (Å²) in [6.07, 6.45) is 2.48. The fourth-order valence-electron chi connectivity index (χ4n) is 2.08. The quantitative estimate of drug-likeness (QED) is 0.841. The van der Waals surface area contributed by atoms with Gasteiger partial charge in [0, 0.05) is 24.6 Å². The van der Waals surface area contributed by atoms with Crippen molar-refractivity contribution in [3.63, 3.8) is 0 Å². The van der Waals surface area contributed by atoms with E-state index in [4.69, 9.17) is 22.4 Å². The van der Waals surface area contributed by atoms with Crippen molar-refractivity contribution in [2.24, 2.45) is 5.73 Å². The predicted molar refractivity (Wildman–Crippen MR) is 73.8 cm³/mol. The number of aliphatic hydroxyl groups is 1. The largest absolute Gasteiger partial charge is 0.396 e. The lowest BCUT2D eigenvalue weighted by atomic mass is 10.3. The van der Waals surface area contributed by atoms with Crippen molar-refractivity contribution in [3.05, 3.63) is 29.0 Å². The van der Waals surface area contributed by atoms with Crippen LogP contribution in [-0.4, -0.2) is 27.8 Å². The number of fused-ring (bicyclic) bond motifs is 1. The maximum Gasteiger partial charge on any atom is 0.109 e. The van der Waals surface area contributed by atoms with Crippen LogP contribution in [0.5, 0.6) is 0 Å². The molecule has 1 aromatic heterocycles. The lowest BCUT2D eigenvalue weighted by Gasteiger charge is -2.08. The molecule has 18 heavy (non-hydrogen) atoms. The van der Waals surface area contributed by atoms with Crippen LogP contribution in [-0.2, 0) is 13.0 Å². The first-order valence-corrected chi connectivity index (χ1v) is 6.59. The van der Waals surface area contributed by atoms with Crippen LogP contribution in [0, 0.1) is 0 Å². The highest BCUT2D eigenvalue weighted by Crippen LogP contribution is 2.21. The number of benzene rings is 1. The standard InChI is InChI=1S/C13H18ClN3O/c14-10-4-5-11-12(9-10)17(7-2-8-18)13(16-11)3-1-6-15/h4-5,9,18H,1-3,6-8,15H2. The third kappa shape index (κ3) is 2.83. The monoisotopic (exact) mass is 267 g/mol. The molecule has 4 nitrogen and oxygen atoms in total. The van der Waals surface area contributed by atoms with Gasteiger partial charge in [0.15, 0.2) is 0 Å². The third-order valence-electron chi connectivity index (χ3n) is 2.93. The molecule has 0 unspecified atom stereocenters. The Kier molecular flexibility index (Phi) is 4.58. The van der Waals surface area contributed by atoms with Crippen LogP contribution in [0.1, 0.15) is 18.7 Å². The van der Waals surface area contributed by atoms with Gasteiger partial charge >= 0.3 is 0 Å². The van der Waals surface area contributed by atoms with Gasteiger partial charge in [-0.1, -0.05) is 11.6 Å². The van der Waals surface area contributed by atoms with Crippen molar-refractivity contribution < 1.29 is 5.11 Å². The number of rotatable bonds is 6. The topological polar surface area (TPSA) is 64.1 Å². The summed E-state index contributed by atoms with van der Waals surface area (Å²) in [7, 11) is 0. The molecular formula is C13H18ClN3O. The van der Waals surface area contributed by atoms with E-state index < -0.39 is 0 Å².